The number of benzene rings is 1. The second kappa shape index (κ2) is 5.38. The van der Waals surface area contributed by atoms with Gasteiger partial charge in [0.05, 0.1) is 11.3 Å². The molecule has 2 aromatic heterocycles. The summed E-state index contributed by atoms with van der Waals surface area (Å²) in [6, 6.07) is 4.44. The molecule has 0 radical (unpaired) electrons. The monoisotopic (exact) mass is 303 g/mol. The van der Waals surface area contributed by atoms with E-state index in [9.17, 15) is 9.18 Å². The Hall–Kier alpha value is -2.05. The molecule has 0 aliphatic carbocycles. The summed E-state index contributed by atoms with van der Waals surface area (Å²) in [6.07, 6.45) is 1.61. The van der Waals surface area contributed by atoms with E-state index in [2.05, 4.69) is 15.3 Å². The van der Waals surface area contributed by atoms with Gasteiger partial charge in [-0.25, -0.2) is 9.37 Å². The van der Waals surface area contributed by atoms with E-state index in [0.717, 1.165) is 5.69 Å². The van der Waals surface area contributed by atoms with Crippen molar-refractivity contribution in [3.63, 3.8) is 0 Å². The second-order valence-electron chi connectivity index (χ2n) is 4.81. The summed E-state index contributed by atoms with van der Waals surface area (Å²) < 4.78 is 13.2. The van der Waals surface area contributed by atoms with Crippen LogP contribution in [-0.4, -0.2) is 22.8 Å². The van der Waals surface area contributed by atoms with Crippen LogP contribution < -0.4 is 5.32 Å². The van der Waals surface area contributed by atoms with E-state index in [1.807, 2.05) is 19.4 Å². The first kappa shape index (κ1) is 13.9. The van der Waals surface area contributed by atoms with Gasteiger partial charge in [0.2, 0.25) is 5.78 Å². The summed E-state index contributed by atoms with van der Waals surface area (Å²) in [6.45, 7) is 1.98. The number of aromatic amines is 1. The fourth-order valence-electron chi connectivity index (χ4n) is 2.14. The number of halogens is 1. The highest BCUT2D eigenvalue weighted by Crippen LogP contribution is 2.24. The third kappa shape index (κ3) is 2.48. The number of thiazole rings is 1. The van der Waals surface area contributed by atoms with Gasteiger partial charge in [0.15, 0.2) is 5.01 Å². The number of nitrogens with one attached hydrogen (secondary N) is 2. The zero-order chi connectivity index (χ0) is 15.0. The molecule has 4 nitrogen and oxygen atoms in total. The minimum Gasteiger partial charge on any atom is -0.360 e. The molecule has 0 saturated heterocycles. The van der Waals surface area contributed by atoms with Crippen molar-refractivity contribution in [2.45, 2.75) is 13.0 Å². The molecule has 108 valence electrons. The van der Waals surface area contributed by atoms with Gasteiger partial charge in [-0.15, -0.1) is 11.3 Å². The van der Waals surface area contributed by atoms with E-state index in [4.69, 9.17) is 0 Å². The summed E-state index contributed by atoms with van der Waals surface area (Å²) >= 11 is 1.32. The van der Waals surface area contributed by atoms with Crippen LogP contribution in [0.4, 0.5) is 4.39 Å². The lowest BCUT2D eigenvalue weighted by Gasteiger charge is -2.04. The number of rotatable bonds is 4. The lowest BCUT2D eigenvalue weighted by Crippen LogP contribution is -2.13. The molecule has 6 heteroatoms. The first-order valence-electron chi connectivity index (χ1n) is 6.54. The van der Waals surface area contributed by atoms with E-state index in [1.54, 1.807) is 12.3 Å². The largest absolute Gasteiger partial charge is 0.360 e. The van der Waals surface area contributed by atoms with E-state index >= 15 is 0 Å². The SMILES string of the molecule is CN[C@@H](C)c1csc(C(=O)c2c[nH]c3cc(F)ccc23)n1. The van der Waals surface area contributed by atoms with Crippen LogP contribution in [0.1, 0.15) is 34.0 Å². The molecule has 0 spiro atoms. The molecule has 3 aromatic rings. The predicted molar refractivity (Wildman–Crippen MR) is 81.3 cm³/mol. The fourth-order valence-corrected chi connectivity index (χ4v) is 3.00. The molecule has 0 amide bonds. The van der Waals surface area contributed by atoms with Gasteiger partial charge in [-0.05, 0) is 32.2 Å². The summed E-state index contributed by atoms with van der Waals surface area (Å²) in [4.78, 5) is 19.8. The average Bonchev–Trinajstić information content (AvgIpc) is 3.12. The Morgan fingerprint density at radius 1 is 1.48 bits per heavy atom. The van der Waals surface area contributed by atoms with Crippen molar-refractivity contribution in [1.82, 2.24) is 15.3 Å². The molecule has 0 fully saturated rings. The molecular formula is C15H14FN3OS. The van der Waals surface area contributed by atoms with Gasteiger partial charge >= 0.3 is 0 Å². The first-order chi connectivity index (χ1) is 10.1. The predicted octanol–water partition coefficient (Wildman–Crippen LogP) is 3.27. The quantitative estimate of drug-likeness (QED) is 0.727. The first-order valence-corrected chi connectivity index (χ1v) is 7.42. The smallest absolute Gasteiger partial charge is 0.223 e. The second-order valence-corrected chi connectivity index (χ2v) is 5.67. The number of hydrogen-bond acceptors (Lipinski definition) is 4. The lowest BCUT2D eigenvalue weighted by atomic mass is 10.1. The van der Waals surface area contributed by atoms with Crippen molar-refractivity contribution < 1.29 is 9.18 Å². The summed E-state index contributed by atoms with van der Waals surface area (Å²) in [5.41, 5.74) is 1.97. The molecule has 2 N–H and O–H groups in total. The van der Waals surface area contributed by atoms with Crippen LogP contribution in [-0.2, 0) is 0 Å². The topological polar surface area (TPSA) is 57.8 Å². The van der Waals surface area contributed by atoms with Crippen molar-refractivity contribution in [1.29, 1.82) is 0 Å². The number of carbonyl (C=O) groups is 1. The summed E-state index contributed by atoms with van der Waals surface area (Å²) in [5.74, 6) is -0.477. The molecule has 0 bridgehead atoms. The highest BCUT2D eigenvalue weighted by atomic mass is 32.1. The van der Waals surface area contributed by atoms with Crippen LogP contribution in [0.5, 0.6) is 0 Å². The van der Waals surface area contributed by atoms with Gasteiger partial charge in [-0.3, -0.25) is 4.79 Å². The average molecular weight is 303 g/mol. The molecule has 0 unspecified atom stereocenters. The third-order valence-electron chi connectivity index (χ3n) is 3.48. The van der Waals surface area contributed by atoms with E-state index in [-0.39, 0.29) is 17.6 Å². The van der Waals surface area contributed by atoms with Crippen molar-refractivity contribution in [3.05, 3.63) is 51.9 Å². The normalized spacial score (nSPS) is 12.7. The van der Waals surface area contributed by atoms with E-state index in [1.165, 1.54) is 23.5 Å². The number of carbonyl (C=O) groups excluding carboxylic acids is 1. The molecule has 3 rings (SSSR count). The number of H-pyrrole nitrogens is 1. The van der Waals surface area contributed by atoms with Crippen LogP contribution in [0.25, 0.3) is 10.9 Å². The Bertz CT molecular complexity index is 808. The number of hydrogen-bond donors (Lipinski definition) is 2. The molecule has 0 aliphatic rings. The van der Waals surface area contributed by atoms with Crippen LogP contribution in [0.2, 0.25) is 0 Å². The van der Waals surface area contributed by atoms with Crippen LogP contribution in [0, 0.1) is 5.82 Å². The maximum Gasteiger partial charge on any atom is 0.223 e. The van der Waals surface area contributed by atoms with Crippen molar-refractivity contribution in [2.24, 2.45) is 0 Å². The van der Waals surface area contributed by atoms with Crippen molar-refractivity contribution >= 4 is 28.0 Å². The van der Waals surface area contributed by atoms with Crippen LogP contribution in [0.15, 0.2) is 29.8 Å². The lowest BCUT2D eigenvalue weighted by molar-refractivity contribution is 0.103. The van der Waals surface area contributed by atoms with Crippen LogP contribution in [0.3, 0.4) is 0 Å². The Labute approximate surface area is 125 Å². The zero-order valence-electron chi connectivity index (χ0n) is 11.6. The zero-order valence-corrected chi connectivity index (χ0v) is 12.4. The van der Waals surface area contributed by atoms with Crippen molar-refractivity contribution in [3.8, 4) is 0 Å². The van der Waals surface area contributed by atoms with Gasteiger partial charge < -0.3 is 10.3 Å². The standard InChI is InChI=1S/C15H14FN3OS/c1-8(17-2)13-7-21-15(19-13)14(20)11-6-18-12-5-9(16)3-4-10(11)12/h3-8,17-18H,1-2H3/t8-/m0/s1. The fraction of sp³-hybridized carbons (Fsp3) is 0.200. The van der Waals surface area contributed by atoms with Gasteiger partial charge in [-0.2, -0.15) is 0 Å². The molecule has 1 aromatic carbocycles. The van der Waals surface area contributed by atoms with Crippen molar-refractivity contribution in [2.75, 3.05) is 7.05 Å². The highest BCUT2D eigenvalue weighted by Gasteiger charge is 2.19. The van der Waals surface area contributed by atoms with Gasteiger partial charge in [0, 0.05) is 28.5 Å². The Kier molecular flexibility index (Phi) is 3.57. The minimum absolute atomic E-state index is 0.0971. The third-order valence-corrected chi connectivity index (χ3v) is 4.34. The van der Waals surface area contributed by atoms with E-state index < -0.39 is 0 Å². The number of nitrogens with zero attached hydrogens (tertiary/aromatic N) is 1. The van der Waals surface area contributed by atoms with Gasteiger partial charge in [0.1, 0.15) is 5.82 Å². The van der Waals surface area contributed by atoms with Crippen LogP contribution >= 0.6 is 11.3 Å². The summed E-state index contributed by atoms with van der Waals surface area (Å²) in [5, 5.41) is 6.12. The number of aromatic nitrogens is 2. The Balaban J connectivity index is 1.98. The maximum absolute atomic E-state index is 13.2. The van der Waals surface area contributed by atoms with E-state index in [0.29, 0.717) is 21.5 Å². The number of fused-ring (bicyclic) bond motifs is 1. The van der Waals surface area contributed by atoms with Gasteiger partial charge in [-0.1, -0.05) is 0 Å². The molecule has 0 saturated carbocycles. The molecule has 1 atom stereocenters. The molecule has 0 aliphatic heterocycles. The Morgan fingerprint density at radius 3 is 3.05 bits per heavy atom. The minimum atomic E-state index is -0.331. The molecule has 21 heavy (non-hydrogen) atoms. The van der Waals surface area contributed by atoms with Gasteiger partial charge in [0.25, 0.3) is 0 Å². The molecule has 2 heterocycles. The molecular weight excluding hydrogens is 289 g/mol. The Morgan fingerprint density at radius 2 is 2.29 bits per heavy atom. The maximum atomic E-state index is 13.2. The highest BCUT2D eigenvalue weighted by molar-refractivity contribution is 7.12. The number of ketones is 1. The summed E-state index contributed by atoms with van der Waals surface area (Å²) in [7, 11) is 1.85.